The minimum Gasteiger partial charge on any atom is -0.494 e. The van der Waals surface area contributed by atoms with E-state index in [2.05, 4.69) is 10.6 Å². The fourth-order valence-electron chi connectivity index (χ4n) is 2.37. The van der Waals surface area contributed by atoms with Gasteiger partial charge in [-0.25, -0.2) is 4.99 Å². The van der Waals surface area contributed by atoms with Gasteiger partial charge in [0.2, 0.25) is 0 Å². The lowest BCUT2D eigenvalue weighted by Crippen LogP contribution is -2.29. The number of carbonyl (C=O) groups excluding carboxylic acids is 1. The average molecular weight is 329 g/mol. The van der Waals surface area contributed by atoms with Crippen LogP contribution in [0.25, 0.3) is 0 Å². The third kappa shape index (κ3) is 3.27. The number of amides is 1. The molecule has 0 fully saturated rings. The van der Waals surface area contributed by atoms with Gasteiger partial charge in [-0.1, -0.05) is 19.1 Å². The van der Waals surface area contributed by atoms with E-state index in [1.165, 1.54) is 0 Å². The Morgan fingerprint density at radius 3 is 2.67 bits per heavy atom. The van der Waals surface area contributed by atoms with E-state index in [-0.39, 0.29) is 5.91 Å². The molecule has 0 atom stereocenters. The maximum absolute atomic E-state index is 12.3. The number of likely N-dealkylation sites (N-methyl/N-ethyl adjacent to an activating group) is 1. The van der Waals surface area contributed by atoms with Gasteiger partial charge in [-0.05, 0) is 25.5 Å². The van der Waals surface area contributed by atoms with Crippen LogP contribution in [-0.4, -0.2) is 32.8 Å². The van der Waals surface area contributed by atoms with Crippen molar-refractivity contribution in [3.05, 3.63) is 41.3 Å². The minimum atomic E-state index is -0.209. The first-order valence-electron chi connectivity index (χ1n) is 7.82. The van der Waals surface area contributed by atoms with E-state index in [0.717, 1.165) is 5.70 Å². The quantitative estimate of drug-likeness (QED) is 0.815. The van der Waals surface area contributed by atoms with Crippen LogP contribution in [0.3, 0.4) is 0 Å². The van der Waals surface area contributed by atoms with Crippen LogP contribution in [-0.2, 0) is 4.79 Å². The molecule has 0 unspecified atom stereocenters. The van der Waals surface area contributed by atoms with E-state index in [9.17, 15) is 4.79 Å². The summed E-state index contributed by atoms with van der Waals surface area (Å²) in [4.78, 5) is 17.0. The predicted molar refractivity (Wildman–Crippen MR) is 94.9 cm³/mol. The molecule has 2 rings (SSSR count). The van der Waals surface area contributed by atoms with Crippen molar-refractivity contribution in [3.8, 4) is 11.5 Å². The van der Waals surface area contributed by atoms with Crippen LogP contribution in [0, 0.1) is 0 Å². The molecule has 0 aromatic heterocycles. The van der Waals surface area contributed by atoms with Crippen LogP contribution in [0.2, 0.25) is 0 Å². The van der Waals surface area contributed by atoms with Crippen molar-refractivity contribution < 1.29 is 14.3 Å². The summed E-state index contributed by atoms with van der Waals surface area (Å²) in [6.45, 7) is 3.85. The van der Waals surface area contributed by atoms with E-state index < -0.39 is 0 Å². The van der Waals surface area contributed by atoms with Crippen LogP contribution < -0.4 is 20.1 Å². The summed E-state index contributed by atoms with van der Waals surface area (Å²) in [5.74, 6) is 1.51. The molecule has 1 aromatic rings. The van der Waals surface area contributed by atoms with E-state index in [4.69, 9.17) is 14.5 Å². The molecule has 1 aliphatic rings. The number of nitrogens with one attached hydrogen (secondary N) is 2. The number of allylic oxidation sites excluding steroid dienone is 3. The van der Waals surface area contributed by atoms with Crippen LogP contribution >= 0.6 is 0 Å². The SMILES string of the molecule is CC/C=C(\C(=O)NC)C1=Nc2c(OC)cccc2O/C1=C(\C)NC. The summed E-state index contributed by atoms with van der Waals surface area (Å²) in [5, 5.41) is 5.72. The second-order valence-corrected chi connectivity index (χ2v) is 5.18. The average Bonchev–Trinajstić information content (AvgIpc) is 2.63. The maximum Gasteiger partial charge on any atom is 0.253 e. The Hall–Kier alpha value is -2.76. The predicted octanol–water partition coefficient (Wildman–Crippen LogP) is 2.69. The molecule has 0 saturated carbocycles. The highest BCUT2D eigenvalue weighted by atomic mass is 16.5. The third-order valence-corrected chi connectivity index (χ3v) is 3.68. The Labute approximate surface area is 142 Å². The lowest BCUT2D eigenvalue weighted by Gasteiger charge is -2.23. The Kier molecular flexibility index (Phi) is 5.63. The summed E-state index contributed by atoms with van der Waals surface area (Å²) in [6, 6.07) is 5.47. The molecular formula is C18H23N3O3. The number of hydrogen-bond donors (Lipinski definition) is 2. The number of rotatable bonds is 5. The monoisotopic (exact) mass is 329 g/mol. The van der Waals surface area contributed by atoms with Crippen molar-refractivity contribution in [1.29, 1.82) is 0 Å². The zero-order valence-electron chi connectivity index (χ0n) is 14.7. The number of nitrogens with zero attached hydrogens (tertiary/aromatic N) is 1. The van der Waals surface area contributed by atoms with Gasteiger partial charge in [0, 0.05) is 14.1 Å². The summed E-state index contributed by atoms with van der Waals surface area (Å²) in [7, 11) is 4.98. The first kappa shape index (κ1) is 17.6. The molecule has 6 heteroatoms. The van der Waals surface area contributed by atoms with Gasteiger partial charge >= 0.3 is 0 Å². The number of hydrogen-bond acceptors (Lipinski definition) is 5. The van der Waals surface area contributed by atoms with Crippen molar-refractivity contribution in [3.63, 3.8) is 0 Å². The molecule has 1 aliphatic heterocycles. The van der Waals surface area contributed by atoms with Crippen molar-refractivity contribution in [2.45, 2.75) is 20.3 Å². The lowest BCUT2D eigenvalue weighted by atomic mass is 10.0. The molecule has 0 aliphatic carbocycles. The molecule has 24 heavy (non-hydrogen) atoms. The smallest absolute Gasteiger partial charge is 0.253 e. The van der Waals surface area contributed by atoms with Crippen LogP contribution in [0.5, 0.6) is 11.5 Å². The number of fused-ring (bicyclic) bond motifs is 1. The first-order valence-corrected chi connectivity index (χ1v) is 7.82. The molecule has 0 spiro atoms. The number of para-hydroxylation sites is 1. The number of benzene rings is 1. The minimum absolute atomic E-state index is 0.209. The van der Waals surface area contributed by atoms with Gasteiger partial charge in [0.1, 0.15) is 17.1 Å². The largest absolute Gasteiger partial charge is 0.494 e. The van der Waals surface area contributed by atoms with E-state index in [1.807, 2.05) is 38.1 Å². The first-order chi connectivity index (χ1) is 11.6. The molecule has 1 aromatic carbocycles. The lowest BCUT2D eigenvalue weighted by molar-refractivity contribution is -0.116. The normalized spacial score (nSPS) is 15.7. The molecule has 128 valence electrons. The molecule has 2 N–H and O–H groups in total. The van der Waals surface area contributed by atoms with E-state index in [0.29, 0.717) is 40.7 Å². The van der Waals surface area contributed by atoms with Gasteiger partial charge in [0.25, 0.3) is 5.91 Å². The number of aliphatic imine (C=N–C) groups is 1. The second kappa shape index (κ2) is 7.68. The highest BCUT2D eigenvalue weighted by Crippen LogP contribution is 2.42. The molecule has 6 nitrogen and oxygen atoms in total. The van der Waals surface area contributed by atoms with Gasteiger partial charge in [-0.3, -0.25) is 4.79 Å². The highest BCUT2D eigenvalue weighted by Gasteiger charge is 2.28. The summed E-state index contributed by atoms with van der Waals surface area (Å²) in [6.07, 6.45) is 2.54. The number of ether oxygens (including phenoxy) is 2. The Morgan fingerprint density at radius 1 is 1.33 bits per heavy atom. The maximum atomic E-state index is 12.3. The molecular weight excluding hydrogens is 306 g/mol. The summed E-state index contributed by atoms with van der Waals surface area (Å²) < 4.78 is 11.4. The van der Waals surface area contributed by atoms with Crippen molar-refractivity contribution >= 4 is 17.3 Å². The van der Waals surface area contributed by atoms with Crippen LogP contribution in [0.15, 0.2) is 46.3 Å². The molecule has 1 heterocycles. The Morgan fingerprint density at radius 2 is 2.08 bits per heavy atom. The molecule has 1 amide bonds. The fourth-order valence-corrected chi connectivity index (χ4v) is 2.37. The third-order valence-electron chi connectivity index (χ3n) is 3.68. The number of carbonyl (C=O) groups is 1. The van der Waals surface area contributed by atoms with E-state index >= 15 is 0 Å². The van der Waals surface area contributed by atoms with Crippen molar-refractivity contribution in [2.75, 3.05) is 21.2 Å². The van der Waals surface area contributed by atoms with Crippen molar-refractivity contribution in [1.82, 2.24) is 10.6 Å². The summed E-state index contributed by atoms with van der Waals surface area (Å²) in [5.41, 5.74) is 2.32. The highest BCUT2D eigenvalue weighted by molar-refractivity contribution is 6.28. The van der Waals surface area contributed by atoms with Gasteiger partial charge < -0.3 is 20.1 Å². The Bertz CT molecular complexity index is 733. The van der Waals surface area contributed by atoms with Gasteiger partial charge in [-0.2, -0.15) is 0 Å². The molecule has 0 radical (unpaired) electrons. The van der Waals surface area contributed by atoms with Gasteiger partial charge in [-0.15, -0.1) is 0 Å². The topological polar surface area (TPSA) is 72.0 Å². The summed E-state index contributed by atoms with van der Waals surface area (Å²) >= 11 is 0. The Balaban J connectivity index is 2.72. The zero-order valence-corrected chi connectivity index (χ0v) is 14.7. The van der Waals surface area contributed by atoms with Crippen LogP contribution in [0.4, 0.5) is 5.69 Å². The van der Waals surface area contributed by atoms with E-state index in [1.54, 1.807) is 21.2 Å². The van der Waals surface area contributed by atoms with Gasteiger partial charge in [0.15, 0.2) is 11.5 Å². The zero-order chi connectivity index (χ0) is 17.7. The van der Waals surface area contributed by atoms with Gasteiger partial charge in [0.05, 0.1) is 18.4 Å². The van der Waals surface area contributed by atoms with Crippen LogP contribution in [0.1, 0.15) is 20.3 Å². The molecule has 0 saturated heterocycles. The number of methoxy groups -OCH3 is 1. The standard InChI is InChI=1S/C18H23N3O3/c1-6-8-12(18(22)20-4)15-17(11(2)19-3)24-14-10-7-9-13(23-5)16(14)21-15/h7-10,19H,6H2,1-5H3,(H,20,22)/b12-8-,17-11+. The van der Waals surface area contributed by atoms with Crippen molar-refractivity contribution in [2.24, 2.45) is 4.99 Å². The molecule has 0 bridgehead atoms. The second-order valence-electron chi connectivity index (χ2n) is 5.18. The fraction of sp³-hybridized carbons (Fsp3) is 0.333.